The van der Waals surface area contributed by atoms with Gasteiger partial charge in [0.1, 0.15) is 21.5 Å². The van der Waals surface area contributed by atoms with Crippen molar-refractivity contribution in [3.63, 3.8) is 0 Å². The lowest BCUT2D eigenvalue weighted by Crippen LogP contribution is -2.45. The Bertz CT molecular complexity index is 1020. The van der Waals surface area contributed by atoms with Crippen molar-refractivity contribution >= 4 is 51.6 Å². The molecule has 1 aliphatic heterocycles. The molecular formula is C25H29Cl2N3O2S. The molecule has 0 amide bonds. The number of halogens is 2. The Morgan fingerprint density at radius 2 is 1.48 bits per heavy atom. The highest BCUT2D eigenvalue weighted by molar-refractivity contribution is 7.08. The molecule has 176 valence electrons. The lowest BCUT2D eigenvalue weighted by Gasteiger charge is -2.34. The third-order valence-corrected chi connectivity index (χ3v) is 7.45. The van der Waals surface area contributed by atoms with E-state index in [0.717, 1.165) is 50.6 Å². The summed E-state index contributed by atoms with van der Waals surface area (Å²) in [7, 11) is 3.17. The number of anilines is 3. The highest BCUT2D eigenvalue weighted by Gasteiger charge is 2.25. The smallest absolute Gasteiger partial charge is 0.143 e. The molecule has 33 heavy (non-hydrogen) atoms. The average molecular weight is 506 g/mol. The number of methoxy groups -OCH3 is 2. The average Bonchev–Trinajstić information content (AvgIpc) is 3.37. The zero-order valence-electron chi connectivity index (χ0n) is 19.2. The maximum absolute atomic E-state index is 6.77. The predicted octanol–water partition coefficient (Wildman–Crippen LogP) is 6.68. The Balaban J connectivity index is 1.66. The van der Waals surface area contributed by atoms with Crippen molar-refractivity contribution in [1.29, 1.82) is 0 Å². The van der Waals surface area contributed by atoms with Crippen molar-refractivity contribution in [2.75, 3.05) is 51.8 Å². The second-order valence-corrected chi connectivity index (χ2v) is 9.49. The van der Waals surface area contributed by atoms with E-state index >= 15 is 0 Å². The molecule has 1 fully saturated rings. The number of ether oxygens (including phenoxy) is 2. The molecule has 1 aromatic heterocycles. The van der Waals surface area contributed by atoms with Crippen LogP contribution in [-0.4, -0.2) is 56.7 Å². The van der Waals surface area contributed by atoms with Crippen LogP contribution in [0.5, 0.6) is 11.5 Å². The van der Waals surface area contributed by atoms with Gasteiger partial charge in [0.2, 0.25) is 0 Å². The minimum absolute atomic E-state index is 0.437. The highest BCUT2D eigenvalue weighted by Crippen LogP contribution is 2.50. The summed E-state index contributed by atoms with van der Waals surface area (Å²) in [5.74, 6) is 1.02. The predicted molar refractivity (Wildman–Crippen MR) is 140 cm³/mol. The molecule has 8 heteroatoms. The number of rotatable bonds is 8. The van der Waals surface area contributed by atoms with Crippen LogP contribution in [-0.2, 0) is 6.54 Å². The van der Waals surface area contributed by atoms with E-state index in [0.29, 0.717) is 27.2 Å². The molecule has 0 saturated carbocycles. The fourth-order valence-electron chi connectivity index (χ4n) is 4.13. The molecule has 4 rings (SSSR count). The lowest BCUT2D eigenvalue weighted by molar-refractivity contribution is 0.132. The van der Waals surface area contributed by atoms with E-state index < -0.39 is 0 Å². The number of hydrogen-bond donors (Lipinski definition) is 0. The number of likely N-dealkylation sites (N-methyl/N-ethyl adjacent to an activating group) is 1. The minimum Gasteiger partial charge on any atom is -0.495 e. The number of thiophene rings is 1. The van der Waals surface area contributed by atoms with E-state index in [1.807, 2.05) is 11.4 Å². The van der Waals surface area contributed by atoms with Gasteiger partial charge in [-0.2, -0.15) is 11.3 Å². The van der Waals surface area contributed by atoms with Crippen molar-refractivity contribution in [3.8, 4) is 11.5 Å². The number of nitrogens with zero attached hydrogens (tertiary/aromatic N) is 3. The van der Waals surface area contributed by atoms with E-state index in [-0.39, 0.29) is 0 Å². The van der Waals surface area contributed by atoms with Crippen molar-refractivity contribution in [2.24, 2.45) is 0 Å². The van der Waals surface area contributed by atoms with Gasteiger partial charge in [-0.3, -0.25) is 4.90 Å². The Morgan fingerprint density at radius 1 is 0.879 bits per heavy atom. The Kier molecular flexibility index (Phi) is 8.04. The van der Waals surface area contributed by atoms with Gasteiger partial charge in [0.25, 0.3) is 0 Å². The molecule has 2 aromatic carbocycles. The normalized spacial score (nSPS) is 14.9. The summed E-state index contributed by atoms with van der Waals surface area (Å²) in [6.45, 7) is 8.78. The zero-order chi connectivity index (χ0) is 23.4. The van der Waals surface area contributed by atoms with Gasteiger partial charge in [-0.15, -0.1) is 0 Å². The lowest BCUT2D eigenvalue weighted by atomic mass is 10.1. The van der Waals surface area contributed by atoms with Gasteiger partial charge in [0, 0.05) is 49.9 Å². The fourth-order valence-corrected chi connectivity index (χ4v) is 5.42. The van der Waals surface area contributed by atoms with E-state index in [1.165, 1.54) is 5.56 Å². The first kappa shape index (κ1) is 24.2. The largest absolute Gasteiger partial charge is 0.495 e. The van der Waals surface area contributed by atoms with Crippen LogP contribution in [0.3, 0.4) is 0 Å². The molecule has 0 bridgehead atoms. The van der Waals surface area contributed by atoms with Crippen LogP contribution in [0.2, 0.25) is 10.0 Å². The van der Waals surface area contributed by atoms with Crippen LogP contribution in [0, 0.1) is 0 Å². The highest BCUT2D eigenvalue weighted by atomic mass is 35.5. The molecule has 3 aromatic rings. The molecule has 0 radical (unpaired) electrons. The Morgan fingerprint density at radius 3 is 2.00 bits per heavy atom. The quantitative estimate of drug-likeness (QED) is 0.340. The summed E-state index contributed by atoms with van der Waals surface area (Å²) in [5, 5.41) is 4.98. The Hall–Kier alpha value is -1.96. The maximum Gasteiger partial charge on any atom is 0.143 e. The van der Waals surface area contributed by atoms with Crippen LogP contribution < -0.4 is 14.4 Å². The Labute approximate surface area is 210 Å². The SMILES string of the molecule is CCN1CCN(Cc2ccc(N(c3ccsc3)c3c(Cl)c(OC)cc(OC)c3Cl)cc2)CC1. The summed E-state index contributed by atoms with van der Waals surface area (Å²) in [4.78, 5) is 7.06. The number of hydrogen-bond acceptors (Lipinski definition) is 6. The number of benzene rings is 2. The standard InChI is InChI=1S/C25H29Cl2N3O2S/c1-4-28-10-12-29(13-11-28)16-18-5-7-19(8-6-18)30(20-9-14-33-17-20)25-23(26)21(31-2)15-22(32-3)24(25)27/h5-9,14-15,17H,4,10-13,16H2,1-3H3. The van der Waals surface area contributed by atoms with E-state index in [4.69, 9.17) is 32.7 Å². The molecular weight excluding hydrogens is 477 g/mol. The molecule has 1 aliphatic rings. The van der Waals surface area contributed by atoms with Gasteiger partial charge in [-0.05, 0) is 35.7 Å². The summed E-state index contributed by atoms with van der Waals surface area (Å²) in [6.07, 6.45) is 0. The van der Waals surface area contributed by atoms with Crippen molar-refractivity contribution < 1.29 is 9.47 Å². The van der Waals surface area contributed by atoms with E-state index in [9.17, 15) is 0 Å². The van der Waals surface area contributed by atoms with Crippen molar-refractivity contribution in [2.45, 2.75) is 13.5 Å². The summed E-state index contributed by atoms with van der Waals surface area (Å²) in [6, 6.07) is 12.4. The van der Waals surface area contributed by atoms with E-state index in [1.54, 1.807) is 31.6 Å². The molecule has 0 N–H and O–H groups in total. The summed E-state index contributed by atoms with van der Waals surface area (Å²) < 4.78 is 11.0. The van der Waals surface area contributed by atoms with Crippen LogP contribution in [0.4, 0.5) is 17.1 Å². The van der Waals surface area contributed by atoms with Gasteiger partial charge >= 0.3 is 0 Å². The molecule has 0 spiro atoms. The second kappa shape index (κ2) is 11.0. The molecule has 5 nitrogen and oxygen atoms in total. The first-order chi connectivity index (χ1) is 16.0. The maximum atomic E-state index is 6.77. The van der Waals surface area contributed by atoms with Crippen LogP contribution in [0.1, 0.15) is 12.5 Å². The number of piperazine rings is 1. The first-order valence-electron chi connectivity index (χ1n) is 11.0. The molecule has 0 aliphatic carbocycles. The topological polar surface area (TPSA) is 28.2 Å². The second-order valence-electron chi connectivity index (χ2n) is 7.95. The minimum atomic E-state index is 0.437. The zero-order valence-corrected chi connectivity index (χ0v) is 21.5. The molecule has 2 heterocycles. The third kappa shape index (κ3) is 5.26. The van der Waals surface area contributed by atoms with E-state index in [2.05, 4.69) is 51.3 Å². The van der Waals surface area contributed by atoms with Crippen LogP contribution in [0.25, 0.3) is 0 Å². The van der Waals surface area contributed by atoms with Gasteiger partial charge in [0.15, 0.2) is 0 Å². The molecule has 0 unspecified atom stereocenters. The summed E-state index contributed by atoms with van der Waals surface area (Å²) in [5.41, 5.74) is 3.86. The third-order valence-electron chi connectivity index (χ3n) is 6.05. The van der Waals surface area contributed by atoms with Crippen molar-refractivity contribution in [1.82, 2.24) is 9.80 Å². The first-order valence-corrected chi connectivity index (χ1v) is 12.7. The van der Waals surface area contributed by atoms with Gasteiger partial charge in [0.05, 0.1) is 25.6 Å². The van der Waals surface area contributed by atoms with Crippen molar-refractivity contribution in [3.05, 3.63) is 62.8 Å². The van der Waals surface area contributed by atoms with Crippen LogP contribution >= 0.6 is 34.5 Å². The fraction of sp³-hybridized carbons (Fsp3) is 0.360. The van der Waals surface area contributed by atoms with Gasteiger partial charge in [-0.1, -0.05) is 42.3 Å². The monoisotopic (exact) mass is 505 g/mol. The van der Waals surface area contributed by atoms with Gasteiger partial charge < -0.3 is 19.3 Å². The molecule has 0 atom stereocenters. The summed E-state index contributed by atoms with van der Waals surface area (Å²) >= 11 is 15.2. The van der Waals surface area contributed by atoms with Gasteiger partial charge in [-0.25, -0.2) is 0 Å². The molecule has 1 saturated heterocycles. The van der Waals surface area contributed by atoms with Crippen LogP contribution in [0.15, 0.2) is 47.2 Å².